The summed E-state index contributed by atoms with van der Waals surface area (Å²) in [5.74, 6) is -0.642. The number of hydrogen-bond acceptors (Lipinski definition) is 2. The van der Waals surface area contributed by atoms with Gasteiger partial charge >= 0.3 is 0 Å². The molecule has 2 unspecified atom stereocenters. The van der Waals surface area contributed by atoms with Crippen molar-refractivity contribution in [2.45, 2.75) is 26.3 Å². The lowest BCUT2D eigenvalue weighted by atomic mass is 9.98. The summed E-state index contributed by atoms with van der Waals surface area (Å²) in [6.45, 7) is 3.91. The number of carbonyl (C=O) groups excluding carboxylic acids is 1. The predicted octanol–water partition coefficient (Wildman–Crippen LogP) is 2.14. The Morgan fingerprint density at radius 3 is 2.75 bits per heavy atom. The molecule has 3 nitrogen and oxygen atoms in total. The smallest absolute Gasteiger partial charge is 0.240 e. The number of carbonyl (C=O) groups is 1. The van der Waals surface area contributed by atoms with Gasteiger partial charge in [-0.1, -0.05) is 26.3 Å². The van der Waals surface area contributed by atoms with Gasteiger partial charge < -0.3 is 11.1 Å². The summed E-state index contributed by atoms with van der Waals surface area (Å²) in [4.78, 5) is 11.3. The number of halogens is 1. The van der Waals surface area contributed by atoms with Crippen molar-refractivity contribution in [3.8, 4) is 0 Å². The summed E-state index contributed by atoms with van der Waals surface area (Å²) in [6, 6.07) is 5.53. The molecule has 0 bridgehead atoms. The van der Waals surface area contributed by atoms with Crippen molar-refractivity contribution < 1.29 is 9.18 Å². The fourth-order valence-corrected chi connectivity index (χ4v) is 1.49. The number of hydrogen-bond donors (Lipinski definition) is 2. The Labute approximate surface area is 94.8 Å². The topological polar surface area (TPSA) is 55.1 Å². The van der Waals surface area contributed by atoms with Crippen molar-refractivity contribution in [1.82, 2.24) is 0 Å². The van der Waals surface area contributed by atoms with Gasteiger partial charge in [0, 0.05) is 5.69 Å². The van der Waals surface area contributed by atoms with Crippen molar-refractivity contribution >= 4 is 11.6 Å². The first-order valence-electron chi connectivity index (χ1n) is 5.36. The molecule has 0 radical (unpaired) electrons. The molecule has 16 heavy (non-hydrogen) atoms. The highest BCUT2D eigenvalue weighted by atomic mass is 19.1. The predicted molar refractivity (Wildman–Crippen MR) is 62.5 cm³/mol. The number of nitrogens with one attached hydrogen (secondary N) is 1. The molecule has 1 amide bonds. The van der Waals surface area contributed by atoms with Crippen LogP contribution in [0.1, 0.15) is 20.3 Å². The van der Waals surface area contributed by atoms with Gasteiger partial charge in [0.1, 0.15) is 11.9 Å². The van der Waals surface area contributed by atoms with Crippen LogP contribution >= 0.6 is 0 Å². The van der Waals surface area contributed by atoms with Gasteiger partial charge in [-0.25, -0.2) is 4.39 Å². The zero-order valence-electron chi connectivity index (χ0n) is 9.53. The fraction of sp³-hybridized carbons (Fsp3) is 0.417. The van der Waals surface area contributed by atoms with E-state index in [1.54, 1.807) is 12.1 Å². The number of amides is 1. The van der Waals surface area contributed by atoms with Gasteiger partial charge in [0.2, 0.25) is 5.91 Å². The molecule has 1 rings (SSSR count). The Bertz CT molecular complexity index is 368. The van der Waals surface area contributed by atoms with Crippen molar-refractivity contribution in [3.63, 3.8) is 0 Å². The maximum absolute atomic E-state index is 12.9. The number of rotatable bonds is 5. The van der Waals surface area contributed by atoms with Crippen LogP contribution < -0.4 is 11.1 Å². The van der Waals surface area contributed by atoms with Crippen LogP contribution in [0.2, 0.25) is 0 Å². The van der Waals surface area contributed by atoms with E-state index in [-0.39, 0.29) is 11.7 Å². The highest BCUT2D eigenvalue weighted by Gasteiger charge is 2.21. The number of nitrogens with two attached hydrogens (primary N) is 1. The van der Waals surface area contributed by atoms with Gasteiger partial charge in [0.15, 0.2) is 0 Å². The second-order valence-corrected chi connectivity index (χ2v) is 3.92. The van der Waals surface area contributed by atoms with E-state index < -0.39 is 11.9 Å². The lowest BCUT2D eigenvalue weighted by Gasteiger charge is -2.22. The molecule has 0 heterocycles. The summed E-state index contributed by atoms with van der Waals surface area (Å²) >= 11 is 0. The van der Waals surface area contributed by atoms with Crippen LogP contribution in [0.4, 0.5) is 10.1 Å². The monoisotopic (exact) mass is 224 g/mol. The third-order valence-electron chi connectivity index (χ3n) is 2.67. The number of anilines is 1. The summed E-state index contributed by atoms with van der Waals surface area (Å²) < 4.78 is 12.9. The van der Waals surface area contributed by atoms with Crippen molar-refractivity contribution in [1.29, 1.82) is 0 Å². The van der Waals surface area contributed by atoms with Crippen LogP contribution in [-0.2, 0) is 4.79 Å². The van der Waals surface area contributed by atoms with Crippen LogP contribution in [0.3, 0.4) is 0 Å². The van der Waals surface area contributed by atoms with Gasteiger partial charge in [-0.3, -0.25) is 4.79 Å². The molecular weight excluding hydrogens is 207 g/mol. The molecule has 0 aromatic heterocycles. The lowest BCUT2D eigenvalue weighted by Crippen LogP contribution is -2.40. The van der Waals surface area contributed by atoms with Crippen molar-refractivity contribution in [3.05, 3.63) is 30.1 Å². The Balaban J connectivity index is 2.79. The van der Waals surface area contributed by atoms with Gasteiger partial charge in [0.05, 0.1) is 0 Å². The Kier molecular flexibility index (Phi) is 4.28. The zero-order valence-corrected chi connectivity index (χ0v) is 9.53. The minimum atomic E-state index is -0.466. The summed E-state index contributed by atoms with van der Waals surface area (Å²) in [5, 5.41) is 2.96. The number of primary amides is 1. The molecule has 3 N–H and O–H groups in total. The maximum atomic E-state index is 12.9. The van der Waals surface area contributed by atoms with E-state index in [1.165, 1.54) is 12.1 Å². The molecule has 2 atom stereocenters. The van der Waals surface area contributed by atoms with Gasteiger partial charge in [-0.05, 0) is 24.1 Å². The van der Waals surface area contributed by atoms with Gasteiger partial charge in [-0.2, -0.15) is 0 Å². The summed E-state index contributed by atoms with van der Waals surface area (Å²) in [7, 11) is 0. The molecule has 1 aromatic rings. The van der Waals surface area contributed by atoms with E-state index in [2.05, 4.69) is 5.32 Å². The highest BCUT2D eigenvalue weighted by Crippen LogP contribution is 2.15. The standard InChI is InChI=1S/C12H17FN2O/c1-3-8(2)11(12(14)16)15-10-6-4-5-9(13)7-10/h4-8,11,15H,3H2,1-2H3,(H2,14,16). The third-order valence-corrected chi connectivity index (χ3v) is 2.67. The average Bonchev–Trinajstić information content (AvgIpc) is 2.24. The average molecular weight is 224 g/mol. The van der Waals surface area contributed by atoms with Crippen LogP contribution in [0.25, 0.3) is 0 Å². The first-order chi connectivity index (χ1) is 7.54. The highest BCUT2D eigenvalue weighted by molar-refractivity contribution is 5.83. The summed E-state index contributed by atoms with van der Waals surface area (Å²) in [5.41, 5.74) is 5.88. The van der Waals surface area contributed by atoms with E-state index in [4.69, 9.17) is 5.73 Å². The SMILES string of the molecule is CCC(C)C(Nc1cccc(F)c1)C(N)=O. The quantitative estimate of drug-likeness (QED) is 0.805. The van der Waals surface area contributed by atoms with Crippen LogP contribution in [0, 0.1) is 11.7 Å². The van der Waals surface area contributed by atoms with E-state index in [9.17, 15) is 9.18 Å². The normalized spacial score (nSPS) is 14.2. The van der Waals surface area contributed by atoms with Crippen LogP contribution in [0.15, 0.2) is 24.3 Å². The minimum absolute atomic E-state index is 0.112. The second-order valence-electron chi connectivity index (χ2n) is 3.92. The van der Waals surface area contributed by atoms with Crippen LogP contribution in [0.5, 0.6) is 0 Å². The Morgan fingerprint density at radius 2 is 2.25 bits per heavy atom. The van der Waals surface area contributed by atoms with Gasteiger partial charge in [-0.15, -0.1) is 0 Å². The van der Waals surface area contributed by atoms with Crippen LogP contribution in [-0.4, -0.2) is 11.9 Å². The molecular formula is C12H17FN2O. The van der Waals surface area contributed by atoms with E-state index in [0.29, 0.717) is 5.69 Å². The Morgan fingerprint density at radius 1 is 1.56 bits per heavy atom. The Hall–Kier alpha value is -1.58. The van der Waals surface area contributed by atoms with E-state index >= 15 is 0 Å². The second kappa shape index (κ2) is 5.49. The molecule has 0 saturated heterocycles. The zero-order chi connectivity index (χ0) is 12.1. The van der Waals surface area contributed by atoms with Crippen molar-refractivity contribution in [2.24, 2.45) is 11.7 Å². The third kappa shape index (κ3) is 3.22. The minimum Gasteiger partial charge on any atom is -0.373 e. The van der Waals surface area contributed by atoms with Crippen molar-refractivity contribution in [2.75, 3.05) is 5.32 Å². The molecule has 0 saturated carbocycles. The maximum Gasteiger partial charge on any atom is 0.240 e. The molecule has 4 heteroatoms. The molecule has 0 aliphatic heterocycles. The van der Waals surface area contributed by atoms with E-state index in [0.717, 1.165) is 6.42 Å². The first-order valence-corrected chi connectivity index (χ1v) is 5.36. The largest absolute Gasteiger partial charge is 0.373 e. The van der Waals surface area contributed by atoms with E-state index in [1.807, 2.05) is 13.8 Å². The fourth-order valence-electron chi connectivity index (χ4n) is 1.49. The van der Waals surface area contributed by atoms with Gasteiger partial charge in [0.25, 0.3) is 0 Å². The first kappa shape index (κ1) is 12.5. The molecule has 88 valence electrons. The number of benzene rings is 1. The summed E-state index contributed by atoms with van der Waals surface area (Å²) in [6.07, 6.45) is 0.829. The molecule has 0 aliphatic rings. The molecule has 0 spiro atoms. The molecule has 0 aliphatic carbocycles. The lowest BCUT2D eigenvalue weighted by molar-refractivity contribution is -0.119. The molecule has 1 aromatic carbocycles. The molecule has 0 fully saturated rings.